The average molecular weight is 267 g/mol. The lowest BCUT2D eigenvalue weighted by atomic mass is 10.0. The lowest BCUT2D eigenvalue weighted by Crippen LogP contribution is -2.16. The van der Waals surface area contributed by atoms with E-state index in [0.29, 0.717) is 12.0 Å². The normalized spacial score (nSPS) is 16.1. The summed E-state index contributed by atoms with van der Waals surface area (Å²) in [5.74, 6) is 1.43. The fourth-order valence-corrected chi connectivity index (χ4v) is 3.01. The van der Waals surface area contributed by atoms with Crippen molar-refractivity contribution in [3.8, 4) is 0 Å². The van der Waals surface area contributed by atoms with Crippen LogP contribution in [0.15, 0.2) is 30.5 Å². The highest BCUT2D eigenvalue weighted by molar-refractivity contribution is 5.35. The van der Waals surface area contributed by atoms with Crippen LogP contribution >= 0.6 is 0 Å². The fraction of sp³-hybridized carbons (Fsp3) is 0.412. The van der Waals surface area contributed by atoms with Crippen LogP contribution in [0.2, 0.25) is 0 Å². The molecular formula is C17H21N3. The second kappa shape index (κ2) is 5.33. The van der Waals surface area contributed by atoms with Crippen molar-refractivity contribution in [2.24, 2.45) is 0 Å². The average Bonchev–Trinajstić information content (AvgIpc) is 2.90. The van der Waals surface area contributed by atoms with Gasteiger partial charge in [0.05, 0.1) is 0 Å². The number of nitrogens with one attached hydrogen (secondary N) is 1. The quantitative estimate of drug-likeness (QED) is 0.929. The van der Waals surface area contributed by atoms with Crippen molar-refractivity contribution in [1.29, 1.82) is 0 Å². The number of hydrogen-bond donors (Lipinski definition) is 1. The molecule has 1 unspecified atom stereocenters. The maximum Gasteiger partial charge on any atom is 0.132 e. The zero-order valence-corrected chi connectivity index (χ0v) is 12.4. The molecule has 20 heavy (non-hydrogen) atoms. The molecule has 0 fully saturated rings. The third-order valence-corrected chi connectivity index (χ3v) is 4.35. The molecule has 1 atom stereocenters. The highest BCUT2D eigenvalue weighted by Crippen LogP contribution is 2.32. The lowest BCUT2D eigenvalue weighted by molar-refractivity contribution is 0.624. The molecule has 0 radical (unpaired) electrons. The number of hydrogen-bond acceptors (Lipinski definition) is 3. The molecule has 1 aliphatic carbocycles. The van der Waals surface area contributed by atoms with Gasteiger partial charge in [-0.1, -0.05) is 24.3 Å². The Bertz CT molecular complexity index is 596. The number of aryl methyl sites for hydroxylation is 1. The Balaban J connectivity index is 1.85. The van der Waals surface area contributed by atoms with E-state index in [1.165, 1.54) is 16.7 Å². The second-order valence-corrected chi connectivity index (χ2v) is 5.65. The van der Waals surface area contributed by atoms with Crippen LogP contribution in [0.4, 0.5) is 0 Å². The number of aromatic nitrogens is 2. The highest BCUT2D eigenvalue weighted by Gasteiger charge is 2.25. The van der Waals surface area contributed by atoms with Crippen molar-refractivity contribution in [1.82, 2.24) is 15.3 Å². The first-order valence-electron chi connectivity index (χ1n) is 7.26. The van der Waals surface area contributed by atoms with Gasteiger partial charge in [-0.25, -0.2) is 9.97 Å². The van der Waals surface area contributed by atoms with E-state index in [1.807, 2.05) is 13.2 Å². The first-order chi connectivity index (χ1) is 9.69. The van der Waals surface area contributed by atoms with Crippen molar-refractivity contribution >= 4 is 0 Å². The summed E-state index contributed by atoms with van der Waals surface area (Å²) in [5.41, 5.74) is 5.18. The zero-order chi connectivity index (χ0) is 14.1. The van der Waals surface area contributed by atoms with Crippen LogP contribution in [-0.4, -0.2) is 17.0 Å². The van der Waals surface area contributed by atoms with E-state index in [0.717, 1.165) is 24.4 Å². The minimum absolute atomic E-state index is 0.296. The summed E-state index contributed by atoms with van der Waals surface area (Å²) in [5, 5.41) is 3.25. The van der Waals surface area contributed by atoms with Gasteiger partial charge in [-0.2, -0.15) is 0 Å². The van der Waals surface area contributed by atoms with Gasteiger partial charge in [-0.05, 0) is 44.9 Å². The molecule has 1 aliphatic rings. The van der Waals surface area contributed by atoms with Gasteiger partial charge in [-0.3, -0.25) is 0 Å². The van der Waals surface area contributed by atoms with Gasteiger partial charge in [0.1, 0.15) is 5.82 Å². The molecule has 3 rings (SSSR count). The zero-order valence-electron chi connectivity index (χ0n) is 12.4. The van der Waals surface area contributed by atoms with Gasteiger partial charge < -0.3 is 5.32 Å². The maximum atomic E-state index is 4.76. The molecule has 104 valence electrons. The van der Waals surface area contributed by atoms with E-state index >= 15 is 0 Å². The Labute approximate surface area is 120 Å². The first-order valence-corrected chi connectivity index (χ1v) is 7.26. The molecule has 0 saturated carbocycles. The fourth-order valence-electron chi connectivity index (χ4n) is 3.01. The van der Waals surface area contributed by atoms with Gasteiger partial charge >= 0.3 is 0 Å². The van der Waals surface area contributed by atoms with Crippen LogP contribution in [0.3, 0.4) is 0 Å². The van der Waals surface area contributed by atoms with Crippen molar-refractivity contribution in [2.45, 2.75) is 38.6 Å². The van der Waals surface area contributed by atoms with E-state index in [4.69, 9.17) is 4.98 Å². The molecule has 1 heterocycles. The topological polar surface area (TPSA) is 37.8 Å². The molecule has 1 N–H and O–H groups in total. The summed E-state index contributed by atoms with van der Waals surface area (Å²) < 4.78 is 0. The Morgan fingerprint density at radius 1 is 1.20 bits per heavy atom. The summed E-state index contributed by atoms with van der Waals surface area (Å²) in [6.07, 6.45) is 4.12. The van der Waals surface area contributed by atoms with Crippen LogP contribution in [0, 0.1) is 6.92 Å². The van der Waals surface area contributed by atoms with Crippen LogP contribution < -0.4 is 5.32 Å². The predicted molar refractivity (Wildman–Crippen MR) is 80.8 cm³/mol. The largest absolute Gasteiger partial charge is 0.313 e. The van der Waals surface area contributed by atoms with E-state index < -0.39 is 0 Å². The molecule has 1 aromatic heterocycles. The molecular weight excluding hydrogens is 246 g/mol. The summed E-state index contributed by atoms with van der Waals surface area (Å²) in [7, 11) is 1.96. The van der Waals surface area contributed by atoms with Crippen molar-refractivity contribution in [2.75, 3.05) is 7.05 Å². The molecule has 0 saturated heterocycles. The Morgan fingerprint density at radius 2 is 1.85 bits per heavy atom. The van der Waals surface area contributed by atoms with Crippen molar-refractivity contribution in [3.05, 3.63) is 58.7 Å². The standard InChI is InChI=1S/C17H21N3/c1-11(18-3)16-10-19-17(20-12(16)2)15-8-13-6-4-5-7-14(13)9-15/h4-7,10-11,15,18H,8-9H2,1-3H3. The van der Waals surface area contributed by atoms with Crippen molar-refractivity contribution < 1.29 is 0 Å². The van der Waals surface area contributed by atoms with E-state index in [2.05, 4.69) is 48.4 Å². The van der Waals surface area contributed by atoms with Crippen molar-refractivity contribution in [3.63, 3.8) is 0 Å². The molecule has 0 spiro atoms. The first kappa shape index (κ1) is 13.3. The number of fused-ring (bicyclic) bond motifs is 1. The summed E-state index contributed by atoms with van der Waals surface area (Å²) >= 11 is 0. The molecule has 3 nitrogen and oxygen atoms in total. The number of nitrogens with zero attached hydrogens (tertiary/aromatic N) is 2. The van der Waals surface area contributed by atoms with Gasteiger partial charge in [0.15, 0.2) is 0 Å². The number of rotatable bonds is 3. The second-order valence-electron chi connectivity index (χ2n) is 5.65. The smallest absolute Gasteiger partial charge is 0.132 e. The summed E-state index contributed by atoms with van der Waals surface area (Å²) in [6.45, 7) is 4.22. The Hall–Kier alpha value is -1.74. The van der Waals surface area contributed by atoms with Gasteiger partial charge in [0.2, 0.25) is 0 Å². The highest BCUT2D eigenvalue weighted by atomic mass is 14.9. The van der Waals surface area contributed by atoms with E-state index in [1.54, 1.807) is 0 Å². The minimum Gasteiger partial charge on any atom is -0.313 e. The van der Waals surface area contributed by atoms with Crippen LogP contribution in [0.5, 0.6) is 0 Å². The SMILES string of the molecule is CNC(C)c1cnc(C2Cc3ccccc3C2)nc1C. The monoisotopic (exact) mass is 267 g/mol. The van der Waals surface area contributed by atoms with Crippen LogP contribution in [0.25, 0.3) is 0 Å². The number of benzene rings is 1. The van der Waals surface area contributed by atoms with E-state index in [9.17, 15) is 0 Å². The molecule has 3 heteroatoms. The van der Waals surface area contributed by atoms with E-state index in [-0.39, 0.29) is 0 Å². The van der Waals surface area contributed by atoms with Gasteiger partial charge in [0, 0.05) is 29.4 Å². The molecule has 0 bridgehead atoms. The minimum atomic E-state index is 0.296. The predicted octanol–water partition coefficient (Wildman–Crippen LogP) is 2.95. The molecule has 2 aromatic rings. The molecule has 0 aliphatic heterocycles. The molecule has 0 amide bonds. The van der Waals surface area contributed by atoms with Gasteiger partial charge in [-0.15, -0.1) is 0 Å². The summed E-state index contributed by atoms with van der Waals surface area (Å²) in [6, 6.07) is 8.97. The third kappa shape index (κ3) is 2.34. The Morgan fingerprint density at radius 3 is 2.40 bits per heavy atom. The Kier molecular flexibility index (Phi) is 3.53. The molecule has 1 aromatic carbocycles. The third-order valence-electron chi connectivity index (χ3n) is 4.35. The summed E-state index contributed by atoms with van der Waals surface area (Å²) in [4.78, 5) is 9.38. The van der Waals surface area contributed by atoms with Gasteiger partial charge in [0.25, 0.3) is 0 Å². The lowest BCUT2D eigenvalue weighted by Gasteiger charge is -2.15. The maximum absolute atomic E-state index is 4.76. The van der Waals surface area contributed by atoms with Crippen LogP contribution in [-0.2, 0) is 12.8 Å². The van der Waals surface area contributed by atoms with Crippen LogP contribution in [0.1, 0.15) is 47.1 Å².